The number of benzene rings is 1. The Morgan fingerprint density at radius 3 is 2.58 bits per heavy atom. The largest absolute Gasteiger partial charge is 0.469 e. The van der Waals surface area contributed by atoms with Gasteiger partial charge < -0.3 is 19.1 Å². The maximum Gasteiger partial charge on any atom is 0.325 e. The minimum absolute atomic E-state index is 0.304. The van der Waals surface area contributed by atoms with Gasteiger partial charge in [0.25, 0.3) is 0 Å². The van der Waals surface area contributed by atoms with Gasteiger partial charge in [0.2, 0.25) is 0 Å². The molecule has 7 nitrogen and oxygen atoms in total. The van der Waals surface area contributed by atoms with Crippen LogP contribution in [0.2, 0.25) is 0 Å². The highest BCUT2D eigenvalue weighted by molar-refractivity contribution is 8.23. The number of esters is 2. The van der Waals surface area contributed by atoms with E-state index in [1.807, 2.05) is 53.6 Å². The van der Waals surface area contributed by atoms with E-state index in [9.17, 15) is 14.9 Å². The summed E-state index contributed by atoms with van der Waals surface area (Å²) in [5.41, 5.74) is 1.42. The molecule has 0 saturated carbocycles. The lowest BCUT2D eigenvalue weighted by molar-refractivity contribution is -0.183. The van der Waals surface area contributed by atoms with Crippen molar-refractivity contribution >= 4 is 35.5 Å². The Kier molecular flexibility index (Phi) is 6.06. The number of piperidine rings is 1. The molecule has 4 bridgehead atoms. The molecule has 4 aliphatic rings. The summed E-state index contributed by atoms with van der Waals surface area (Å²) in [4.78, 5) is 28.0. The summed E-state index contributed by atoms with van der Waals surface area (Å²) in [5, 5.41) is 9.97. The van der Waals surface area contributed by atoms with Crippen molar-refractivity contribution in [2.24, 2.45) is 11.8 Å². The average molecular weight is 459 g/mol. The SMILES string of the molecule is COC(=O)C1C2C=CC3N(C(C#N)=C(SC)SC13C(=O)OC)C2OCc1ccccc1. The molecule has 3 heterocycles. The van der Waals surface area contributed by atoms with E-state index in [0.717, 1.165) is 5.56 Å². The van der Waals surface area contributed by atoms with Crippen molar-refractivity contribution < 1.29 is 23.8 Å². The molecule has 9 heteroatoms. The molecular formula is C22H22N2O5S2. The number of hydrogen-bond acceptors (Lipinski definition) is 9. The molecule has 162 valence electrons. The van der Waals surface area contributed by atoms with Crippen molar-refractivity contribution in [3.63, 3.8) is 0 Å². The predicted octanol–water partition coefficient (Wildman–Crippen LogP) is 2.90. The highest BCUT2D eigenvalue weighted by atomic mass is 32.2. The highest BCUT2D eigenvalue weighted by Crippen LogP contribution is 2.61. The van der Waals surface area contributed by atoms with Gasteiger partial charge in [-0.25, -0.2) is 0 Å². The first-order chi connectivity index (χ1) is 15.0. The van der Waals surface area contributed by atoms with Crippen molar-refractivity contribution in [1.82, 2.24) is 4.90 Å². The number of carbonyl (C=O) groups is 2. The van der Waals surface area contributed by atoms with E-state index in [4.69, 9.17) is 14.2 Å². The van der Waals surface area contributed by atoms with E-state index in [2.05, 4.69) is 6.07 Å². The molecule has 31 heavy (non-hydrogen) atoms. The summed E-state index contributed by atoms with van der Waals surface area (Å²) >= 11 is 2.59. The molecule has 5 atom stereocenters. The maximum absolute atomic E-state index is 13.2. The van der Waals surface area contributed by atoms with Crippen LogP contribution in [-0.4, -0.2) is 54.3 Å². The lowest BCUT2D eigenvalue weighted by Gasteiger charge is -2.61. The van der Waals surface area contributed by atoms with E-state index in [0.29, 0.717) is 16.5 Å². The van der Waals surface area contributed by atoms with Crippen LogP contribution < -0.4 is 0 Å². The molecule has 0 aromatic heterocycles. The number of rotatable bonds is 6. The third-order valence-electron chi connectivity index (χ3n) is 5.93. The van der Waals surface area contributed by atoms with Crippen LogP contribution in [0.5, 0.6) is 0 Å². The average Bonchev–Trinajstić information content (AvgIpc) is 2.82. The molecule has 0 amide bonds. The molecule has 3 aliphatic heterocycles. The molecule has 5 unspecified atom stereocenters. The number of carbonyl (C=O) groups excluding carboxylic acids is 2. The number of methoxy groups -OCH3 is 2. The quantitative estimate of drug-likeness (QED) is 0.471. The Hall–Kier alpha value is -2.41. The van der Waals surface area contributed by atoms with Gasteiger partial charge in [-0.05, 0) is 11.8 Å². The van der Waals surface area contributed by atoms with Crippen LogP contribution in [0.3, 0.4) is 0 Å². The summed E-state index contributed by atoms with van der Waals surface area (Å²) in [5.74, 6) is -2.31. The van der Waals surface area contributed by atoms with Crippen molar-refractivity contribution in [2.75, 3.05) is 20.5 Å². The fourth-order valence-corrected chi connectivity index (χ4v) is 7.16. The first-order valence-electron chi connectivity index (χ1n) is 9.69. The minimum atomic E-state index is -1.26. The Morgan fingerprint density at radius 1 is 1.23 bits per heavy atom. The molecule has 1 fully saturated rings. The lowest BCUT2D eigenvalue weighted by atomic mass is 9.66. The van der Waals surface area contributed by atoms with Crippen molar-refractivity contribution in [3.8, 4) is 6.07 Å². The Bertz CT molecular complexity index is 989. The van der Waals surface area contributed by atoms with E-state index in [-0.39, 0.29) is 0 Å². The van der Waals surface area contributed by atoms with E-state index < -0.39 is 40.8 Å². The zero-order valence-corrected chi connectivity index (χ0v) is 18.9. The van der Waals surface area contributed by atoms with Gasteiger partial charge in [0, 0.05) is 5.92 Å². The lowest BCUT2D eigenvalue weighted by Crippen LogP contribution is -2.73. The topological polar surface area (TPSA) is 88.9 Å². The van der Waals surface area contributed by atoms with E-state index in [1.54, 1.807) is 0 Å². The maximum atomic E-state index is 13.2. The van der Waals surface area contributed by atoms with Crippen LogP contribution in [-0.2, 0) is 30.4 Å². The minimum Gasteiger partial charge on any atom is -0.469 e. The monoisotopic (exact) mass is 458 g/mol. The fourth-order valence-electron chi connectivity index (χ4n) is 4.65. The predicted molar refractivity (Wildman–Crippen MR) is 117 cm³/mol. The van der Waals surface area contributed by atoms with Crippen LogP contribution in [0, 0.1) is 23.2 Å². The number of thioether (sulfide) groups is 2. The van der Waals surface area contributed by atoms with Crippen LogP contribution in [0.15, 0.2) is 52.4 Å². The number of nitriles is 1. The molecule has 1 aliphatic carbocycles. The fraction of sp³-hybridized carbons (Fsp3) is 0.409. The van der Waals surface area contributed by atoms with Gasteiger partial charge in [0.05, 0.1) is 37.0 Å². The normalized spacial score (nSPS) is 30.7. The van der Waals surface area contributed by atoms with Crippen LogP contribution in [0.1, 0.15) is 5.56 Å². The number of allylic oxidation sites excluding steroid dienone is 1. The number of ether oxygens (including phenoxy) is 3. The summed E-state index contributed by atoms with van der Waals surface area (Å²) in [6.07, 6.45) is 5.02. The zero-order valence-electron chi connectivity index (χ0n) is 17.3. The van der Waals surface area contributed by atoms with Gasteiger partial charge in [-0.15, -0.1) is 11.8 Å². The summed E-state index contributed by atoms with van der Waals surface area (Å²) in [6, 6.07) is 11.4. The third kappa shape index (κ3) is 3.25. The summed E-state index contributed by atoms with van der Waals surface area (Å²) in [6.45, 7) is 0.304. The van der Waals surface area contributed by atoms with Crippen molar-refractivity contribution in [1.29, 1.82) is 5.26 Å². The van der Waals surface area contributed by atoms with Crippen LogP contribution >= 0.6 is 23.5 Å². The van der Waals surface area contributed by atoms with Gasteiger partial charge in [-0.2, -0.15) is 5.26 Å². The molecule has 0 radical (unpaired) electrons. The van der Waals surface area contributed by atoms with Gasteiger partial charge in [-0.1, -0.05) is 54.2 Å². The summed E-state index contributed by atoms with van der Waals surface area (Å²) in [7, 11) is 2.63. The molecular weight excluding hydrogens is 436 g/mol. The molecule has 1 aromatic carbocycles. The van der Waals surface area contributed by atoms with Gasteiger partial charge in [0.1, 0.15) is 18.0 Å². The van der Waals surface area contributed by atoms with Crippen LogP contribution in [0.25, 0.3) is 0 Å². The zero-order chi connectivity index (χ0) is 22.2. The first kappa shape index (κ1) is 21.8. The Balaban J connectivity index is 1.84. The highest BCUT2D eigenvalue weighted by Gasteiger charge is 2.70. The second-order valence-corrected chi connectivity index (χ2v) is 9.70. The second-order valence-electron chi connectivity index (χ2n) is 7.34. The molecule has 0 spiro atoms. The third-order valence-corrected chi connectivity index (χ3v) is 8.63. The van der Waals surface area contributed by atoms with Gasteiger partial charge in [0.15, 0.2) is 4.75 Å². The smallest absolute Gasteiger partial charge is 0.325 e. The van der Waals surface area contributed by atoms with Gasteiger partial charge in [-0.3, -0.25) is 9.59 Å². The van der Waals surface area contributed by atoms with E-state index in [1.165, 1.54) is 37.7 Å². The van der Waals surface area contributed by atoms with Crippen molar-refractivity contribution in [3.05, 3.63) is 58.0 Å². The summed E-state index contributed by atoms with van der Waals surface area (Å²) < 4.78 is 16.0. The van der Waals surface area contributed by atoms with Crippen LogP contribution in [0.4, 0.5) is 0 Å². The number of nitrogens with zero attached hydrogens (tertiary/aromatic N) is 2. The first-order valence-corrected chi connectivity index (χ1v) is 11.7. The Morgan fingerprint density at radius 2 is 1.97 bits per heavy atom. The second kappa shape index (κ2) is 8.61. The number of hydrogen-bond donors (Lipinski definition) is 0. The van der Waals surface area contributed by atoms with Gasteiger partial charge >= 0.3 is 11.9 Å². The molecule has 1 saturated heterocycles. The standard InChI is InChI=1S/C22H22N2O5S2/c1-27-19(25)17-14-9-10-16-22(17,21(26)28-2)31-20(30-3)15(11-23)24(16)18(14)29-12-13-7-5-4-6-8-13/h4-10,14,16-18H,12H2,1-3H3. The van der Waals surface area contributed by atoms with Crippen molar-refractivity contribution in [2.45, 2.75) is 23.6 Å². The van der Waals surface area contributed by atoms with E-state index >= 15 is 0 Å². The molecule has 0 N–H and O–H groups in total. The Labute approximate surface area is 189 Å². The molecule has 1 aromatic rings. The molecule has 5 rings (SSSR count).